The summed E-state index contributed by atoms with van der Waals surface area (Å²) >= 11 is 0. The summed E-state index contributed by atoms with van der Waals surface area (Å²) in [4.78, 5) is 15.0. The molecule has 3 aromatic carbocycles. The molecular weight excluding hydrogens is 436 g/mol. The van der Waals surface area contributed by atoms with Crippen molar-refractivity contribution in [2.24, 2.45) is 4.40 Å². The van der Waals surface area contributed by atoms with E-state index < -0.39 is 15.9 Å². The first-order valence-corrected chi connectivity index (χ1v) is 11.9. The topological polar surface area (TPSA) is 103 Å². The van der Waals surface area contributed by atoms with Crippen LogP contribution in [0.15, 0.2) is 82.1 Å². The van der Waals surface area contributed by atoms with Crippen LogP contribution in [0, 0.1) is 11.3 Å². The standard InChI is InChI=1S/C25H22N4O3S/c1-29-15-7-14-24(29)28-33(31,32)20-10-6-9-19(16-20)27-25(30)23-13-5-4-12-22(23)21-11-3-2-8-18(21)17-26/h2-6,8-13,16H,7,14-15H2,1H3,(H,27,30)/b28-24+. The number of carbonyl (C=O) groups excluding carboxylic acids is 1. The fourth-order valence-electron chi connectivity index (χ4n) is 3.77. The molecule has 7 nitrogen and oxygen atoms in total. The third-order valence-electron chi connectivity index (χ3n) is 5.46. The lowest BCUT2D eigenvalue weighted by atomic mass is 9.95. The Morgan fingerprint density at radius 1 is 1.03 bits per heavy atom. The smallest absolute Gasteiger partial charge is 0.284 e. The number of nitriles is 1. The van der Waals surface area contributed by atoms with Crippen LogP contribution < -0.4 is 5.32 Å². The van der Waals surface area contributed by atoms with Gasteiger partial charge in [-0.25, -0.2) is 0 Å². The number of carbonyl (C=O) groups is 1. The van der Waals surface area contributed by atoms with Crippen LogP contribution in [-0.2, 0) is 10.0 Å². The Labute approximate surface area is 193 Å². The van der Waals surface area contributed by atoms with E-state index in [1.165, 1.54) is 12.1 Å². The SMILES string of the molecule is CN1CCC/C1=N\S(=O)(=O)c1cccc(NC(=O)c2ccccc2-c2ccccc2C#N)c1. The number of hydrogen-bond acceptors (Lipinski definition) is 4. The molecule has 0 radical (unpaired) electrons. The Morgan fingerprint density at radius 3 is 2.48 bits per heavy atom. The molecular formula is C25H22N4O3S. The Morgan fingerprint density at radius 2 is 1.76 bits per heavy atom. The molecule has 1 N–H and O–H groups in total. The van der Waals surface area contributed by atoms with Gasteiger partial charge in [-0.3, -0.25) is 4.79 Å². The molecule has 1 amide bonds. The molecule has 1 aliphatic rings. The van der Waals surface area contributed by atoms with E-state index in [1.807, 2.05) is 18.0 Å². The van der Waals surface area contributed by atoms with Gasteiger partial charge < -0.3 is 10.2 Å². The van der Waals surface area contributed by atoms with E-state index in [2.05, 4.69) is 15.8 Å². The van der Waals surface area contributed by atoms with Crippen molar-refractivity contribution < 1.29 is 13.2 Å². The Balaban J connectivity index is 1.63. The lowest BCUT2D eigenvalue weighted by Gasteiger charge is -2.13. The minimum Gasteiger partial charge on any atom is -0.362 e. The van der Waals surface area contributed by atoms with E-state index in [0.717, 1.165) is 13.0 Å². The van der Waals surface area contributed by atoms with Crippen molar-refractivity contribution in [1.29, 1.82) is 5.26 Å². The predicted octanol–water partition coefficient (Wildman–Crippen LogP) is 4.29. The highest BCUT2D eigenvalue weighted by molar-refractivity contribution is 7.90. The number of sulfonamides is 1. The third-order valence-corrected chi connectivity index (χ3v) is 6.76. The van der Waals surface area contributed by atoms with Crippen molar-refractivity contribution in [2.75, 3.05) is 18.9 Å². The minimum absolute atomic E-state index is 0.0104. The van der Waals surface area contributed by atoms with Crippen molar-refractivity contribution in [2.45, 2.75) is 17.7 Å². The van der Waals surface area contributed by atoms with E-state index in [1.54, 1.807) is 54.6 Å². The molecule has 4 rings (SSSR count). The second-order valence-corrected chi connectivity index (χ2v) is 9.30. The van der Waals surface area contributed by atoms with Crippen molar-refractivity contribution in [3.63, 3.8) is 0 Å². The number of amidine groups is 1. The molecule has 8 heteroatoms. The van der Waals surface area contributed by atoms with E-state index in [4.69, 9.17) is 0 Å². The molecule has 166 valence electrons. The molecule has 0 unspecified atom stereocenters. The highest BCUT2D eigenvalue weighted by Crippen LogP contribution is 2.28. The molecule has 1 fully saturated rings. The van der Waals surface area contributed by atoms with E-state index in [9.17, 15) is 18.5 Å². The molecule has 1 heterocycles. The quantitative estimate of drug-likeness (QED) is 0.614. The number of nitrogens with one attached hydrogen (secondary N) is 1. The number of anilines is 1. The average molecular weight is 459 g/mol. The van der Waals surface area contributed by atoms with Gasteiger partial charge in [-0.2, -0.15) is 13.7 Å². The molecule has 0 atom stereocenters. The molecule has 0 bridgehead atoms. The van der Waals surface area contributed by atoms with Crippen LogP contribution in [0.2, 0.25) is 0 Å². The van der Waals surface area contributed by atoms with Crippen molar-refractivity contribution >= 4 is 27.5 Å². The maximum absolute atomic E-state index is 13.1. The normalized spacial score (nSPS) is 14.8. The number of benzene rings is 3. The Kier molecular flexibility index (Phi) is 6.24. The van der Waals surface area contributed by atoms with Gasteiger partial charge in [0.2, 0.25) is 0 Å². The highest BCUT2D eigenvalue weighted by Gasteiger charge is 2.21. The monoisotopic (exact) mass is 458 g/mol. The van der Waals surface area contributed by atoms with Gasteiger partial charge in [-0.05, 0) is 42.3 Å². The summed E-state index contributed by atoms with van der Waals surface area (Å²) in [6.45, 7) is 0.777. The summed E-state index contributed by atoms with van der Waals surface area (Å²) in [5.41, 5.74) is 2.44. The van der Waals surface area contributed by atoms with E-state index >= 15 is 0 Å². The number of hydrogen-bond donors (Lipinski definition) is 1. The van der Waals surface area contributed by atoms with Gasteiger partial charge in [0.15, 0.2) is 0 Å². The van der Waals surface area contributed by atoms with Gasteiger partial charge in [-0.15, -0.1) is 4.40 Å². The maximum atomic E-state index is 13.1. The minimum atomic E-state index is -3.90. The fourth-order valence-corrected chi connectivity index (χ4v) is 4.91. The fraction of sp³-hybridized carbons (Fsp3) is 0.160. The summed E-state index contributed by atoms with van der Waals surface area (Å²) < 4.78 is 29.6. The molecule has 1 aliphatic heterocycles. The number of likely N-dealkylation sites (tertiary alicyclic amines) is 1. The van der Waals surface area contributed by atoms with Crippen LogP contribution in [0.5, 0.6) is 0 Å². The van der Waals surface area contributed by atoms with Crippen molar-refractivity contribution in [1.82, 2.24) is 4.90 Å². The van der Waals surface area contributed by atoms with Gasteiger partial charge in [0.05, 0.1) is 16.5 Å². The van der Waals surface area contributed by atoms with Crippen LogP contribution >= 0.6 is 0 Å². The van der Waals surface area contributed by atoms with Crippen LogP contribution in [0.3, 0.4) is 0 Å². The van der Waals surface area contributed by atoms with Crippen LogP contribution in [-0.4, -0.2) is 38.7 Å². The molecule has 1 saturated heterocycles. The van der Waals surface area contributed by atoms with Gasteiger partial charge in [0.1, 0.15) is 5.84 Å². The molecule has 0 aromatic heterocycles. The van der Waals surface area contributed by atoms with Crippen molar-refractivity contribution in [3.8, 4) is 17.2 Å². The summed E-state index contributed by atoms with van der Waals surface area (Å²) in [5, 5.41) is 12.2. The van der Waals surface area contributed by atoms with Gasteiger partial charge in [0.25, 0.3) is 15.9 Å². The Bertz CT molecular complexity index is 1390. The molecule has 0 spiro atoms. The van der Waals surface area contributed by atoms with E-state index in [-0.39, 0.29) is 4.90 Å². The second-order valence-electron chi connectivity index (χ2n) is 7.69. The van der Waals surface area contributed by atoms with E-state index in [0.29, 0.717) is 40.2 Å². The molecule has 0 saturated carbocycles. The van der Waals surface area contributed by atoms with Gasteiger partial charge >= 0.3 is 0 Å². The first-order chi connectivity index (χ1) is 15.9. The van der Waals surface area contributed by atoms with Gasteiger partial charge in [-0.1, -0.05) is 42.5 Å². The summed E-state index contributed by atoms with van der Waals surface area (Å²) in [5.74, 6) is 0.129. The highest BCUT2D eigenvalue weighted by atomic mass is 32.2. The number of nitrogens with zero attached hydrogens (tertiary/aromatic N) is 3. The average Bonchev–Trinajstić information content (AvgIpc) is 3.22. The van der Waals surface area contributed by atoms with Crippen LogP contribution in [0.25, 0.3) is 11.1 Å². The maximum Gasteiger partial charge on any atom is 0.284 e. The zero-order chi connectivity index (χ0) is 23.4. The molecule has 3 aromatic rings. The summed E-state index contributed by atoms with van der Waals surface area (Å²) in [6, 6.07) is 22.2. The first kappa shape index (κ1) is 22.2. The predicted molar refractivity (Wildman–Crippen MR) is 127 cm³/mol. The van der Waals surface area contributed by atoms with Crippen LogP contribution in [0.4, 0.5) is 5.69 Å². The number of amides is 1. The Hall–Kier alpha value is -3.96. The lowest BCUT2D eigenvalue weighted by Crippen LogP contribution is -2.20. The third kappa shape index (κ3) is 4.78. The van der Waals surface area contributed by atoms with Gasteiger partial charge in [0, 0.05) is 36.8 Å². The zero-order valence-electron chi connectivity index (χ0n) is 18.0. The largest absolute Gasteiger partial charge is 0.362 e. The zero-order valence-corrected chi connectivity index (χ0v) is 18.8. The van der Waals surface area contributed by atoms with Crippen LogP contribution in [0.1, 0.15) is 28.8 Å². The second kappa shape index (κ2) is 9.27. The molecule has 33 heavy (non-hydrogen) atoms. The summed E-state index contributed by atoms with van der Waals surface area (Å²) in [7, 11) is -2.08. The lowest BCUT2D eigenvalue weighted by molar-refractivity contribution is 0.102. The summed E-state index contributed by atoms with van der Waals surface area (Å²) in [6.07, 6.45) is 1.49. The molecule has 0 aliphatic carbocycles. The van der Waals surface area contributed by atoms with Crippen molar-refractivity contribution in [3.05, 3.63) is 83.9 Å². The number of rotatable bonds is 5. The first-order valence-electron chi connectivity index (χ1n) is 10.4.